The van der Waals surface area contributed by atoms with Crippen LogP contribution in [0.1, 0.15) is 54.6 Å². The largest absolute Gasteiger partial charge is 0.478 e. The number of carbonyl (C=O) groups is 2. The van der Waals surface area contributed by atoms with Crippen LogP contribution in [0.15, 0.2) is 91.0 Å². The third-order valence-corrected chi connectivity index (χ3v) is 7.25. The van der Waals surface area contributed by atoms with Gasteiger partial charge in [-0.1, -0.05) is 72.8 Å². The van der Waals surface area contributed by atoms with Gasteiger partial charge in [-0.2, -0.15) is 0 Å². The Balaban J connectivity index is 1.40. The number of aromatic carboxylic acids is 1. The van der Waals surface area contributed by atoms with Crippen LogP contribution in [-0.4, -0.2) is 46.9 Å². The highest BCUT2D eigenvalue weighted by molar-refractivity contribution is 5.89. The number of fused-ring (bicyclic) bond motifs is 1. The molecular formula is C34H35NO5. The van der Waals surface area contributed by atoms with E-state index in [0.717, 1.165) is 34.1 Å². The van der Waals surface area contributed by atoms with Crippen LogP contribution in [0.5, 0.6) is 0 Å². The summed E-state index contributed by atoms with van der Waals surface area (Å²) in [5, 5.41) is 11.8. The van der Waals surface area contributed by atoms with Gasteiger partial charge in [-0.05, 0) is 78.4 Å². The minimum atomic E-state index is -0.949. The maximum absolute atomic E-state index is 12.9. The van der Waals surface area contributed by atoms with Crippen molar-refractivity contribution >= 4 is 22.8 Å². The summed E-state index contributed by atoms with van der Waals surface area (Å²) in [7, 11) is 0. The molecule has 0 aromatic heterocycles. The molecule has 1 amide bonds. The minimum absolute atomic E-state index is 0.0572. The highest BCUT2D eigenvalue weighted by Crippen LogP contribution is 2.34. The van der Waals surface area contributed by atoms with Crippen LogP contribution in [0.2, 0.25) is 0 Å². The predicted octanol–water partition coefficient (Wildman–Crippen LogP) is 7.51. The Kier molecular flexibility index (Phi) is 7.90. The van der Waals surface area contributed by atoms with E-state index in [9.17, 15) is 14.7 Å². The summed E-state index contributed by atoms with van der Waals surface area (Å²) in [4.78, 5) is 26.2. The van der Waals surface area contributed by atoms with Gasteiger partial charge in [-0.25, -0.2) is 9.59 Å². The summed E-state index contributed by atoms with van der Waals surface area (Å²) in [6, 6.07) is 29.8. The molecule has 4 aromatic rings. The Hall–Kier alpha value is -4.16. The number of likely N-dealkylation sites (tertiary alicyclic amines) is 1. The molecule has 1 N–H and O–H groups in total. The molecule has 6 nitrogen and oxygen atoms in total. The van der Waals surface area contributed by atoms with E-state index in [1.807, 2.05) is 51.1 Å². The highest BCUT2D eigenvalue weighted by atomic mass is 16.6. The molecule has 0 aliphatic carbocycles. The van der Waals surface area contributed by atoms with E-state index in [0.29, 0.717) is 19.7 Å². The lowest BCUT2D eigenvalue weighted by Gasteiger charge is -2.39. The molecule has 1 saturated heterocycles. The molecular weight excluding hydrogens is 502 g/mol. The van der Waals surface area contributed by atoms with Crippen molar-refractivity contribution in [2.45, 2.75) is 51.4 Å². The van der Waals surface area contributed by atoms with Crippen molar-refractivity contribution in [1.82, 2.24) is 4.90 Å². The Morgan fingerprint density at radius 2 is 1.60 bits per heavy atom. The number of nitrogens with zero attached hydrogens (tertiary/aromatic N) is 1. The number of ether oxygens (including phenoxy) is 2. The average Bonchev–Trinajstić information content (AvgIpc) is 2.95. The Morgan fingerprint density at radius 1 is 0.875 bits per heavy atom. The van der Waals surface area contributed by atoms with Crippen molar-refractivity contribution < 1.29 is 24.2 Å². The van der Waals surface area contributed by atoms with Gasteiger partial charge in [0.2, 0.25) is 0 Å². The lowest BCUT2D eigenvalue weighted by atomic mass is 9.85. The maximum atomic E-state index is 12.9. The van der Waals surface area contributed by atoms with Crippen LogP contribution in [-0.2, 0) is 16.1 Å². The molecule has 1 aliphatic rings. The SMILES string of the molecule is CC(C)(C)OC(=O)N1CCC(c2cccc(-c3cccc(C(=O)O)c3)c2)C(OCc2ccc3ccccc3c2)C1. The highest BCUT2D eigenvalue weighted by Gasteiger charge is 2.35. The number of carboxylic acid groups (broad SMARTS) is 1. The normalized spacial score (nSPS) is 17.5. The molecule has 0 radical (unpaired) electrons. The van der Waals surface area contributed by atoms with Gasteiger partial charge >= 0.3 is 12.1 Å². The number of hydrogen-bond acceptors (Lipinski definition) is 4. The second-order valence-electron chi connectivity index (χ2n) is 11.4. The summed E-state index contributed by atoms with van der Waals surface area (Å²) in [5.41, 5.74) is 3.65. The fraction of sp³-hybridized carbons (Fsp3) is 0.294. The van der Waals surface area contributed by atoms with Gasteiger partial charge < -0.3 is 19.5 Å². The van der Waals surface area contributed by atoms with Crippen molar-refractivity contribution in [2.75, 3.05) is 13.1 Å². The average molecular weight is 538 g/mol. The predicted molar refractivity (Wildman–Crippen MR) is 157 cm³/mol. The molecule has 2 atom stereocenters. The van der Waals surface area contributed by atoms with Crippen LogP contribution >= 0.6 is 0 Å². The van der Waals surface area contributed by atoms with Crippen LogP contribution in [0.25, 0.3) is 21.9 Å². The maximum Gasteiger partial charge on any atom is 0.410 e. The number of carbonyl (C=O) groups excluding carboxylic acids is 1. The van der Waals surface area contributed by atoms with Crippen molar-refractivity contribution in [3.8, 4) is 11.1 Å². The summed E-state index contributed by atoms with van der Waals surface area (Å²) < 4.78 is 12.2. The van der Waals surface area contributed by atoms with Gasteiger partial charge in [0.05, 0.1) is 24.8 Å². The molecule has 0 spiro atoms. The quantitative estimate of drug-likeness (QED) is 0.275. The van der Waals surface area contributed by atoms with Gasteiger partial charge in [0.25, 0.3) is 0 Å². The van der Waals surface area contributed by atoms with Crippen molar-refractivity contribution in [2.24, 2.45) is 0 Å². The summed E-state index contributed by atoms with van der Waals surface area (Å²) in [6.45, 7) is 7.02. The molecule has 1 aliphatic heterocycles. The van der Waals surface area contributed by atoms with E-state index in [4.69, 9.17) is 9.47 Å². The van der Waals surface area contributed by atoms with Crippen LogP contribution in [0.4, 0.5) is 4.79 Å². The van der Waals surface area contributed by atoms with E-state index < -0.39 is 11.6 Å². The number of rotatable bonds is 6. The van der Waals surface area contributed by atoms with Crippen LogP contribution in [0.3, 0.4) is 0 Å². The van der Waals surface area contributed by atoms with Gasteiger partial charge in [0.1, 0.15) is 5.60 Å². The number of benzene rings is 4. The molecule has 0 saturated carbocycles. The third kappa shape index (κ3) is 6.52. The first-order chi connectivity index (χ1) is 19.2. The summed E-state index contributed by atoms with van der Waals surface area (Å²) >= 11 is 0. The van der Waals surface area contributed by atoms with Crippen molar-refractivity contribution in [3.05, 3.63) is 108 Å². The summed E-state index contributed by atoms with van der Waals surface area (Å²) in [6.07, 6.45) is 0.151. The lowest BCUT2D eigenvalue weighted by Crippen LogP contribution is -2.48. The first-order valence-corrected chi connectivity index (χ1v) is 13.7. The molecule has 2 unspecified atom stereocenters. The topological polar surface area (TPSA) is 76.1 Å². The number of hydrogen-bond donors (Lipinski definition) is 1. The van der Waals surface area contributed by atoms with Gasteiger partial charge in [-0.15, -0.1) is 0 Å². The third-order valence-electron chi connectivity index (χ3n) is 7.25. The monoisotopic (exact) mass is 537 g/mol. The first kappa shape index (κ1) is 27.4. The molecule has 1 fully saturated rings. The molecule has 5 rings (SSSR count). The molecule has 206 valence electrons. The molecule has 1 heterocycles. The zero-order valence-electron chi connectivity index (χ0n) is 23.2. The fourth-order valence-electron chi connectivity index (χ4n) is 5.27. The molecule has 40 heavy (non-hydrogen) atoms. The van der Waals surface area contributed by atoms with Gasteiger partial charge in [0.15, 0.2) is 0 Å². The molecule has 4 aromatic carbocycles. The zero-order chi connectivity index (χ0) is 28.3. The second kappa shape index (κ2) is 11.5. The Labute approximate surface area is 235 Å². The molecule has 0 bridgehead atoms. The van der Waals surface area contributed by atoms with E-state index in [1.54, 1.807) is 23.1 Å². The molecule has 6 heteroatoms. The van der Waals surface area contributed by atoms with Gasteiger partial charge in [-0.3, -0.25) is 0 Å². The minimum Gasteiger partial charge on any atom is -0.478 e. The van der Waals surface area contributed by atoms with E-state index >= 15 is 0 Å². The van der Waals surface area contributed by atoms with Crippen LogP contribution < -0.4 is 0 Å². The standard InChI is InChI=1S/C34H35NO5/c1-34(2,3)40-33(38)35-17-16-30(28-12-6-10-26(19-28)27-11-7-13-29(20-27)32(36)37)31(21-35)39-22-23-14-15-24-8-4-5-9-25(24)18-23/h4-15,18-20,30-31H,16-17,21-22H2,1-3H3,(H,36,37). The number of carboxylic acids is 1. The number of piperidine rings is 1. The van der Waals surface area contributed by atoms with E-state index in [-0.39, 0.29) is 23.7 Å². The Bertz CT molecular complexity index is 1520. The van der Waals surface area contributed by atoms with Crippen LogP contribution in [0, 0.1) is 0 Å². The fourth-order valence-corrected chi connectivity index (χ4v) is 5.27. The summed E-state index contributed by atoms with van der Waals surface area (Å²) in [5.74, 6) is -0.892. The second-order valence-corrected chi connectivity index (χ2v) is 11.4. The van der Waals surface area contributed by atoms with Crippen molar-refractivity contribution in [1.29, 1.82) is 0 Å². The van der Waals surface area contributed by atoms with Crippen molar-refractivity contribution in [3.63, 3.8) is 0 Å². The lowest BCUT2D eigenvalue weighted by molar-refractivity contribution is -0.0359. The zero-order valence-corrected chi connectivity index (χ0v) is 23.2. The number of amides is 1. The van der Waals surface area contributed by atoms with E-state index in [2.05, 4.69) is 42.5 Å². The van der Waals surface area contributed by atoms with Gasteiger partial charge in [0, 0.05) is 12.5 Å². The smallest absolute Gasteiger partial charge is 0.410 e. The van der Waals surface area contributed by atoms with E-state index in [1.165, 1.54) is 5.39 Å². The first-order valence-electron chi connectivity index (χ1n) is 13.7. The Morgan fingerprint density at radius 3 is 2.35 bits per heavy atom.